The van der Waals surface area contributed by atoms with E-state index in [9.17, 15) is 17.6 Å². The van der Waals surface area contributed by atoms with E-state index in [1.54, 1.807) is 0 Å². The Morgan fingerprint density at radius 1 is 1.42 bits per heavy atom. The number of carbonyl (C=O) groups is 1. The Bertz CT molecular complexity index is 709. The van der Waals surface area contributed by atoms with Crippen molar-refractivity contribution in [1.29, 1.82) is 0 Å². The van der Waals surface area contributed by atoms with Gasteiger partial charge in [0, 0.05) is 5.38 Å². The van der Waals surface area contributed by atoms with Gasteiger partial charge >= 0.3 is 5.97 Å². The summed E-state index contributed by atoms with van der Waals surface area (Å²) < 4.78 is 38.4. The van der Waals surface area contributed by atoms with E-state index in [-0.39, 0.29) is 15.5 Å². The molecule has 0 fully saturated rings. The molecule has 100 valence electrons. The molecule has 2 rings (SSSR count). The van der Waals surface area contributed by atoms with Gasteiger partial charge in [-0.25, -0.2) is 18.2 Å². The second kappa shape index (κ2) is 4.94. The average Bonchev–Trinajstić information content (AvgIpc) is 2.82. The van der Waals surface area contributed by atoms with E-state index >= 15 is 0 Å². The SMILES string of the molecule is O=C(O)c1csc(S(=O)(=O)Nc2ccc(F)nc2)c1. The molecular weight excluding hydrogens is 295 g/mol. The third-order valence-electron chi connectivity index (χ3n) is 2.07. The van der Waals surface area contributed by atoms with Gasteiger partial charge in [-0.15, -0.1) is 11.3 Å². The number of rotatable bonds is 4. The maximum atomic E-state index is 12.6. The predicted octanol–water partition coefficient (Wildman–Crippen LogP) is 1.78. The normalized spacial score (nSPS) is 11.2. The zero-order valence-electron chi connectivity index (χ0n) is 9.20. The lowest BCUT2D eigenvalue weighted by molar-refractivity contribution is 0.0697. The van der Waals surface area contributed by atoms with Gasteiger partial charge in [0.2, 0.25) is 5.95 Å². The number of aromatic nitrogens is 1. The van der Waals surface area contributed by atoms with Crippen LogP contribution in [0.3, 0.4) is 0 Å². The highest BCUT2D eigenvalue weighted by molar-refractivity contribution is 7.94. The molecule has 0 aliphatic carbocycles. The van der Waals surface area contributed by atoms with Crippen molar-refractivity contribution in [2.75, 3.05) is 4.72 Å². The van der Waals surface area contributed by atoms with Crippen LogP contribution in [0, 0.1) is 5.95 Å². The standard InChI is InChI=1S/C10H7FN2O4S2/c11-8-2-1-7(4-12-8)13-19(16,17)9-3-6(5-18-9)10(14)15/h1-5,13H,(H,14,15). The summed E-state index contributed by atoms with van der Waals surface area (Å²) in [5.74, 6) is -1.94. The summed E-state index contributed by atoms with van der Waals surface area (Å²) >= 11 is 0.781. The Kier molecular flexibility index (Phi) is 3.49. The Labute approximate surface area is 111 Å². The molecule has 2 heterocycles. The van der Waals surface area contributed by atoms with E-state index < -0.39 is 21.9 Å². The maximum absolute atomic E-state index is 12.6. The Hall–Kier alpha value is -2.00. The highest BCUT2D eigenvalue weighted by Crippen LogP contribution is 2.22. The van der Waals surface area contributed by atoms with Crippen molar-refractivity contribution in [2.45, 2.75) is 4.21 Å². The molecule has 0 amide bonds. The molecule has 6 nitrogen and oxygen atoms in total. The minimum atomic E-state index is -3.90. The topological polar surface area (TPSA) is 96.4 Å². The molecular formula is C10H7FN2O4S2. The van der Waals surface area contributed by atoms with Crippen LogP contribution >= 0.6 is 11.3 Å². The summed E-state index contributed by atoms with van der Waals surface area (Å²) in [7, 11) is -3.90. The quantitative estimate of drug-likeness (QED) is 0.839. The first-order valence-electron chi connectivity index (χ1n) is 4.85. The molecule has 0 aromatic carbocycles. The van der Waals surface area contributed by atoms with Crippen LogP contribution in [-0.2, 0) is 10.0 Å². The summed E-state index contributed by atoms with van der Waals surface area (Å²) in [5, 5.41) is 9.95. The van der Waals surface area contributed by atoms with Crippen molar-refractivity contribution in [3.63, 3.8) is 0 Å². The van der Waals surface area contributed by atoms with Crippen LogP contribution in [0.4, 0.5) is 10.1 Å². The number of thiophene rings is 1. The van der Waals surface area contributed by atoms with Crippen LogP contribution < -0.4 is 4.72 Å². The zero-order chi connectivity index (χ0) is 14.0. The number of aromatic carboxylic acids is 1. The number of carboxylic acid groups (broad SMARTS) is 1. The van der Waals surface area contributed by atoms with Gasteiger partial charge in [0.15, 0.2) is 0 Å². The van der Waals surface area contributed by atoms with E-state index in [4.69, 9.17) is 5.11 Å². The van der Waals surface area contributed by atoms with Crippen molar-refractivity contribution in [3.8, 4) is 0 Å². The highest BCUT2D eigenvalue weighted by atomic mass is 32.2. The molecule has 2 aromatic heterocycles. The number of hydrogen-bond donors (Lipinski definition) is 2. The fourth-order valence-corrected chi connectivity index (χ4v) is 3.41. The van der Waals surface area contributed by atoms with Crippen LogP contribution in [0.1, 0.15) is 10.4 Å². The minimum absolute atomic E-state index is 0.0895. The molecule has 2 N–H and O–H groups in total. The Morgan fingerprint density at radius 3 is 2.68 bits per heavy atom. The van der Waals surface area contributed by atoms with E-state index in [1.807, 2.05) is 0 Å². The van der Waals surface area contributed by atoms with Crippen molar-refractivity contribution in [1.82, 2.24) is 4.98 Å². The number of halogens is 1. The summed E-state index contributed by atoms with van der Waals surface area (Å²) in [6, 6.07) is 3.27. The largest absolute Gasteiger partial charge is 0.478 e. The second-order valence-corrected chi connectivity index (χ2v) is 6.26. The molecule has 19 heavy (non-hydrogen) atoms. The fourth-order valence-electron chi connectivity index (χ4n) is 1.21. The van der Waals surface area contributed by atoms with Gasteiger partial charge in [0.1, 0.15) is 4.21 Å². The monoisotopic (exact) mass is 302 g/mol. The number of sulfonamides is 1. The van der Waals surface area contributed by atoms with Crippen LogP contribution in [-0.4, -0.2) is 24.5 Å². The average molecular weight is 302 g/mol. The minimum Gasteiger partial charge on any atom is -0.478 e. The first kappa shape index (κ1) is 13.4. The van der Waals surface area contributed by atoms with Crippen molar-refractivity contribution >= 4 is 33.0 Å². The molecule has 0 unspecified atom stereocenters. The zero-order valence-corrected chi connectivity index (χ0v) is 10.8. The van der Waals surface area contributed by atoms with Crippen molar-refractivity contribution in [3.05, 3.63) is 41.3 Å². The first-order chi connectivity index (χ1) is 8.88. The number of nitrogens with zero attached hydrogens (tertiary/aromatic N) is 1. The van der Waals surface area contributed by atoms with Gasteiger partial charge in [-0.3, -0.25) is 4.72 Å². The van der Waals surface area contributed by atoms with E-state index in [0.29, 0.717) is 0 Å². The maximum Gasteiger partial charge on any atom is 0.336 e. The number of anilines is 1. The lowest BCUT2D eigenvalue weighted by atomic mass is 10.4. The summed E-state index contributed by atoms with van der Waals surface area (Å²) in [6.07, 6.45) is 1.03. The smallest absolute Gasteiger partial charge is 0.336 e. The summed E-state index contributed by atoms with van der Waals surface area (Å²) in [4.78, 5) is 14.0. The Morgan fingerprint density at radius 2 is 2.16 bits per heavy atom. The van der Waals surface area contributed by atoms with Crippen LogP contribution in [0.5, 0.6) is 0 Å². The van der Waals surface area contributed by atoms with Crippen LogP contribution in [0.25, 0.3) is 0 Å². The van der Waals surface area contributed by atoms with Crippen molar-refractivity contribution in [2.24, 2.45) is 0 Å². The van der Waals surface area contributed by atoms with Gasteiger partial charge < -0.3 is 5.11 Å². The lowest BCUT2D eigenvalue weighted by Gasteiger charge is -2.04. The second-order valence-electron chi connectivity index (χ2n) is 3.43. The fraction of sp³-hybridized carbons (Fsp3) is 0. The van der Waals surface area contributed by atoms with Gasteiger partial charge in [-0.1, -0.05) is 0 Å². The molecule has 0 aliphatic rings. The molecule has 0 spiro atoms. The lowest BCUT2D eigenvalue weighted by Crippen LogP contribution is -2.11. The van der Waals surface area contributed by atoms with Crippen LogP contribution in [0.15, 0.2) is 34.0 Å². The molecule has 9 heteroatoms. The first-order valence-corrected chi connectivity index (χ1v) is 7.21. The summed E-state index contributed by atoms with van der Waals surface area (Å²) in [5.41, 5.74) is -0.0192. The van der Waals surface area contributed by atoms with E-state index in [1.165, 1.54) is 11.4 Å². The Balaban J connectivity index is 2.26. The number of nitrogens with one attached hydrogen (secondary N) is 1. The van der Waals surface area contributed by atoms with Gasteiger partial charge in [-0.2, -0.15) is 4.39 Å². The van der Waals surface area contributed by atoms with Crippen molar-refractivity contribution < 1.29 is 22.7 Å². The van der Waals surface area contributed by atoms with Gasteiger partial charge in [-0.05, 0) is 18.2 Å². The molecule has 0 saturated carbocycles. The molecule has 0 aliphatic heterocycles. The number of pyridine rings is 1. The third kappa shape index (κ3) is 3.06. The van der Waals surface area contributed by atoms with E-state index in [2.05, 4.69) is 9.71 Å². The molecule has 2 aromatic rings. The molecule has 0 saturated heterocycles. The van der Waals surface area contributed by atoms with Crippen LogP contribution in [0.2, 0.25) is 0 Å². The molecule has 0 bridgehead atoms. The highest BCUT2D eigenvalue weighted by Gasteiger charge is 2.19. The predicted molar refractivity (Wildman–Crippen MR) is 66.3 cm³/mol. The molecule has 0 radical (unpaired) electrons. The van der Waals surface area contributed by atoms with Gasteiger partial charge in [0.05, 0.1) is 17.4 Å². The number of carboxylic acids is 1. The van der Waals surface area contributed by atoms with Gasteiger partial charge in [0.25, 0.3) is 10.0 Å². The van der Waals surface area contributed by atoms with E-state index in [0.717, 1.165) is 29.7 Å². The number of hydrogen-bond acceptors (Lipinski definition) is 5. The third-order valence-corrected chi connectivity index (χ3v) is 4.89. The molecule has 0 atom stereocenters. The summed E-state index contributed by atoms with van der Waals surface area (Å²) in [6.45, 7) is 0.